The first kappa shape index (κ1) is 23.0. The zero-order valence-corrected chi connectivity index (χ0v) is 19.2. The van der Waals surface area contributed by atoms with Crippen molar-refractivity contribution in [3.05, 3.63) is 94.2 Å². The van der Waals surface area contributed by atoms with Gasteiger partial charge in [-0.1, -0.05) is 48.5 Å². The molecular formula is C26H23N3O4S. The summed E-state index contributed by atoms with van der Waals surface area (Å²) in [6, 6.07) is 20.2. The quantitative estimate of drug-likeness (QED) is 0.293. The van der Waals surface area contributed by atoms with Gasteiger partial charge in [-0.3, -0.25) is 4.79 Å². The van der Waals surface area contributed by atoms with Crippen molar-refractivity contribution in [2.24, 2.45) is 0 Å². The fourth-order valence-electron chi connectivity index (χ4n) is 3.59. The molecule has 1 atom stereocenters. The third-order valence-corrected chi connectivity index (χ3v) is 6.26. The molecule has 0 saturated heterocycles. The third kappa shape index (κ3) is 5.41. The zero-order chi connectivity index (χ0) is 24.1. The summed E-state index contributed by atoms with van der Waals surface area (Å²) in [5.74, 6) is -1.71. The topological polar surface area (TPSA) is 108 Å². The van der Waals surface area contributed by atoms with Crippen LogP contribution in [-0.2, 0) is 11.2 Å². The number of benzene rings is 3. The highest BCUT2D eigenvalue weighted by Crippen LogP contribution is 2.25. The summed E-state index contributed by atoms with van der Waals surface area (Å²) in [6.45, 7) is 1.88. The Balaban J connectivity index is 1.61. The van der Waals surface area contributed by atoms with Crippen LogP contribution in [0.3, 0.4) is 0 Å². The maximum absolute atomic E-state index is 13.2. The van der Waals surface area contributed by atoms with Crippen molar-refractivity contribution in [1.82, 2.24) is 5.32 Å². The number of aryl methyl sites for hydroxylation is 1. The van der Waals surface area contributed by atoms with Crippen LogP contribution in [0.4, 0.5) is 16.2 Å². The molecule has 7 nitrogen and oxygen atoms in total. The molecule has 0 aliphatic heterocycles. The van der Waals surface area contributed by atoms with Crippen LogP contribution in [0.25, 0.3) is 10.8 Å². The molecule has 0 saturated carbocycles. The first-order valence-electron chi connectivity index (χ1n) is 10.6. The first-order chi connectivity index (χ1) is 16.4. The maximum Gasteiger partial charge on any atom is 0.326 e. The summed E-state index contributed by atoms with van der Waals surface area (Å²) in [5.41, 5.74) is 2.00. The number of carboxylic acids is 1. The van der Waals surface area contributed by atoms with Gasteiger partial charge in [0.25, 0.3) is 5.91 Å². The Morgan fingerprint density at radius 3 is 2.24 bits per heavy atom. The molecule has 3 aromatic carbocycles. The minimum absolute atomic E-state index is 0.169. The molecule has 0 spiro atoms. The molecule has 1 aromatic heterocycles. The number of hydrogen-bond donors (Lipinski definition) is 4. The van der Waals surface area contributed by atoms with E-state index in [-0.39, 0.29) is 17.7 Å². The minimum Gasteiger partial charge on any atom is -0.480 e. The molecule has 1 heterocycles. The molecule has 0 aliphatic carbocycles. The minimum atomic E-state index is -1.13. The Hall–Kier alpha value is -4.17. The fourth-order valence-corrected chi connectivity index (χ4v) is 4.34. The molecule has 0 aliphatic rings. The highest BCUT2D eigenvalue weighted by Gasteiger charge is 2.24. The number of thiophene rings is 1. The smallest absolute Gasteiger partial charge is 0.326 e. The lowest BCUT2D eigenvalue weighted by Gasteiger charge is -2.17. The van der Waals surface area contributed by atoms with E-state index < -0.39 is 23.9 Å². The van der Waals surface area contributed by atoms with Gasteiger partial charge in [0.15, 0.2) is 0 Å². The fraction of sp³-hybridized carbons (Fsp3) is 0.115. The maximum atomic E-state index is 13.2. The molecule has 4 rings (SSSR count). The van der Waals surface area contributed by atoms with Crippen LogP contribution in [0.2, 0.25) is 0 Å². The predicted octanol–water partition coefficient (Wildman–Crippen LogP) is 5.28. The van der Waals surface area contributed by atoms with Crippen LogP contribution in [0.1, 0.15) is 20.8 Å². The average molecular weight is 474 g/mol. The molecule has 4 N–H and O–H groups in total. The number of carboxylic acid groups (broad SMARTS) is 1. The monoisotopic (exact) mass is 473 g/mol. The van der Waals surface area contributed by atoms with E-state index in [9.17, 15) is 19.5 Å². The number of carbonyl (C=O) groups is 3. The van der Waals surface area contributed by atoms with Crippen molar-refractivity contribution in [1.29, 1.82) is 0 Å². The zero-order valence-electron chi connectivity index (χ0n) is 18.4. The van der Waals surface area contributed by atoms with Crippen LogP contribution in [0, 0.1) is 6.92 Å². The van der Waals surface area contributed by atoms with Gasteiger partial charge < -0.3 is 21.1 Å². The van der Waals surface area contributed by atoms with Crippen LogP contribution in [0.5, 0.6) is 0 Å². The number of hydrogen-bond acceptors (Lipinski definition) is 4. The molecule has 0 bridgehead atoms. The van der Waals surface area contributed by atoms with Gasteiger partial charge in [0, 0.05) is 17.0 Å². The van der Waals surface area contributed by atoms with Crippen LogP contribution in [0.15, 0.2) is 78.2 Å². The van der Waals surface area contributed by atoms with Gasteiger partial charge >= 0.3 is 12.0 Å². The van der Waals surface area contributed by atoms with Gasteiger partial charge in [-0.05, 0) is 52.9 Å². The Kier molecular flexibility index (Phi) is 6.89. The third-order valence-electron chi connectivity index (χ3n) is 5.36. The van der Waals surface area contributed by atoms with Gasteiger partial charge in [-0.25, -0.2) is 9.59 Å². The van der Waals surface area contributed by atoms with Crippen molar-refractivity contribution in [2.45, 2.75) is 19.4 Å². The first-order valence-corrected chi connectivity index (χ1v) is 11.5. The van der Waals surface area contributed by atoms with Crippen molar-refractivity contribution >= 4 is 51.4 Å². The number of anilines is 2. The highest BCUT2D eigenvalue weighted by atomic mass is 32.1. The van der Waals surface area contributed by atoms with E-state index in [0.29, 0.717) is 5.69 Å². The predicted molar refractivity (Wildman–Crippen MR) is 135 cm³/mol. The number of aliphatic carboxylic acids is 1. The van der Waals surface area contributed by atoms with E-state index in [1.165, 1.54) is 11.3 Å². The summed E-state index contributed by atoms with van der Waals surface area (Å²) >= 11 is 1.43. The van der Waals surface area contributed by atoms with Crippen molar-refractivity contribution in [3.63, 3.8) is 0 Å². The Morgan fingerprint density at radius 2 is 1.56 bits per heavy atom. The van der Waals surface area contributed by atoms with E-state index in [1.54, 1.807) is 18.2 Å². The second-order valence-corrected chi connectivity index (χ2v) is 8.82. The summed E-state index contributed by atoms with van der Waals surface area (Å²) in [7, 11) is 0. The number of nitrogens with one attached hydrogen (secondary N) is 3. The number of carbonyl (C=O) groups excluding carboxylic acids is 2. The normalized spacial score (nSPS) is 11.6. The van der Waals surface area contributed by atoms with E-state index in [4.69, 9.17) is 0 Å². The van der Waals surface area contributed by atoms with Gasteiger partial charge in [-0.15, -0.1) is 11.3 Å². The number of urea groups is 1. The van der Waals surface area contributed by atoms with Gasteiger partial charge in [-0.2, -0.15) is 0 Å². The SMILES string of the molecule is Cc1ccccc1NC(=O)Nc1cc2ccccc2cc1C(=O)N[C@@H](Cc1cccs1)C(=O)O. The molecule has 172 valence electrons. The highest BCUT2D eigenvalue weighted by molar-refractivity contribution is 7.09. The molecule has 4 aromatic rings. The second kappa shape index (κ2) is 10.2. The summed E-state index contributed by atoms with van der Waals surface area (Å²) in [6.07, 6.45) is 0.169. The van der Waals surface area contributed by atoms with Crippen LogP contribution >= 0.6 is 11.3 Å². The van der Waals surface area contributed by atoms with E-state index in [1.807, 2.05) is 66.9 Å². The van der Waals surface area contributed by atoms with Gasteiger partial charge in [0.1, 0.15) is 6.04 Å². The summed E-state index contributed by atoms with van der Waals surface area (Å²) in [4.78, 5) is 38.6. The van der Waals surface area contributed by atoms with Crippen molar-refractivity contribution < 1.29 is 19.5 Å². The Morgan fingerprint density at radius 1 is 0.882 bits per heavy atom. The van der Waals surface area contributed by atoms with Crippen LogP contribution in [-0.4, -0.2) is 29.1 Å². The number of fused-ring (bicyclic) bond motifs is 1. The molecule has 3 amide bonds. The van der Waals surface area contributed by atoms with E-state index in [0.717, 1.165) is 21.2 Å². The summed E-state index contributed by atoms with van der Waals surface area (Å²) in [5, 5.41) is 21.3. The van der Waals surface area contributed by atoms with Crippen molar-refractivity contribution in [3.8, 4) is 0 Å². The van der Waals surface area contributed by atoms with E-state index in [2.05, 4.69) is 16.0 Å². The number of rotatable bonds is 7. The number of amides is 3. The number of para-hydroxylation sites is 1. The molecular weight excluding hydrogens is 450 g/mol. The van der Waals surface area contributed by atoms with Crippen molar-refractivity contribution in [2.75, 3.05) is 10.6 Å². The van der Waals surface area contributed by atoms with Gasteiger partial charge in [0.2, 0.25) is 0 Å². The van der Waals surface area contributed by atoms with E-state index >= 15 is 0 Å². The average Bonchev–Trinajstić information content (AvgIpc) is 3.33. The largest absolute Gasteiger partial charge is 0.480 e. The Bertz CT molecular complexity index is 1350. The second-order valence-electron chi connectivity index (χ2n) is 7.79. The van der Waals surface area contributed by atoms with Gasteiger partial charge in [0.05, 0.1) is 11.3 Å². The Labute approximate surface area is 200 Å². The molecule has 8 heteroatoms. The lowest BCUT2D eigenvalue weighted by atomic mass is 10.0. The lowest BCUT2D eigenvalue weighted by molar-refractivity contribution is -0.139. The lowest BCUT2D eigenvalue weighted by Crippen LogP contribution is -2.42. The summed E-state index contributed by atoms with van der Waals surface area (Å²) < 4.78 is 0. The van der Waals surface area contributed by atoms with Crippen LogP contribution < -0.4 is 16.0 Å². The molecule has 0 unspecified atom stereocenters. The molecule has 34 heavy (non-hydrogen) atoms. The molecule has 0 radical (unpaired) electrons. The standard InChI is InChI=1S/C26H23N3O4S/c1-16-7-2-5-11-21(16)28-26(33)29-22-14-18-9-4-3-8-17(18)13-20(22)24(30)27-23(25(31)32)15-19-10-6-12-34-19/h2-14,23H,15H2,1H3,(H,27,30)(H,31,32)(H2,28,29,33)/t23-/m0/s1. The molecule has 0 fully saturated rings.